The van der Waals surface area contributed by atoms with Crippen LogP contribution in [-0.2, 0) is 6.54 Å². The molecule has 16 heavy (non-hydrogen) atoms. The Morgan fingerprint density at radius 3 is 2.88 bits per heavy atom. The predicted octanol–water partition coefficient (Wildman–Crippen LogP) is 1.53. The summed E-state index contributed by atoms with van der Waals surface area (Å²) < 4.78 is 2.12. The fourth-order valence-electron chi connectivity index (χ4n) is 1.76. The number of nitriles is 1. The Morgan fingerprint density at radius 1 is 1.62 bits per heavy atom. The van der Waals surface area contributed by atoms with Crippen LogP contribution in [0.1, 0.15) is 30.7 Å². The Labute approximate surface area is 96.3 Å². The van der Waals surface area contributed by atoms with Crippen molar-refractivity contribution in [1.29, 1.82) is 5.26 Å². The first-order chi connectivity index (χ1) is 7.70. The van der Waals surface area contributed by atoms with Crippen molar-refractivity contribution in [3.63, 3.8) is 0 Å². The van der Waals surface area contributed by atoms with E-state index in [0.717, 1.165) is 18.7 Å². The van der Waals surface area contributed by atoms with E-state index < -0.39 is 0 Å². The van der Waals surface area contributed by atoms with E-state index in [4.69, 9.17) is 5.26 Å². The lowest BCUT2D eigenvalue weighted by molar-refractivity contribution is 0.510. The van der Waals surface area contributed by atoms with Gasteiger partial charge in [-0.3, -0.25) is 5.32 Å². The van der Waals surface area contributed by atoms with E-state index in [0.29, 0.717) is 6.04 Å². The highest BCUT2D eigenvalue weighted by atomic mass is 15.1. The largest absolute Gasteiger partial charge is 0.335 e. The standard InChI is InChI=1S/C12H18N4/c1-9-10(2)16(8-14-9)6-5-12(7-13)15-11-3-4-11/h8,11-12,15H,3-6H2,1-2H3. The van der Waals surface area contributed by atoms with Crippen LogP contribution in [-0.4, -0.2) is 21.6 Å². The zero-order valence-electron chi connectivity index (χ0n) is 9.90. The molecule has 1 atom stereocenters. The molecule has 1 unspecified atom stereocenters. The van der Waals surface area contributed by atoms with E-state index in [1.807, 2.05) is 13.3 Å². The average molecular weight is 218 g/mol. The van der Waals surface area contributed by atoms with E-state index in [2.05, 4.69) is 27.9 Å². The Bertz CT molecular complexity index is 398. The summed E-state index contributed by atoms with van der Waals surface area (Å²) in [6.45, 7) is 4.94. The second kappa shape index (κ2) is 4.67. The van der Waals surface area contributed by atoms with Gasteiger partial charge in [-0.05, 0) is 33.1 Å². The molecule has 0 saturated heterocycles. The number of hydrogen-bond donors (Lipinski definition) is 1. The molecule has 0 aromatic carbocycles. The topological polar surface area (TPSA) is 53.6 Å². The second-order valence-corrected chi connectivity index (χ2v) is 4.52. The van der Waals surface area contributed by atoms with Gasteiger partial charge in [0.15, 0.2) is 0 Å². The van der Waals surface area contributed by atoms with Crippen LogP contribution in [0.3, 0.4) is 0 Å². The van der Waals surface area contributed by atoms with Crippen LogP contribution in [0.5, 0.6) is 0 Å². The maximum atomic E-state index is 9.02. The molecule has 1 aliphatic rings. The zero-order chi connectivity index (χ0) is 11.5. The minimum absolute atomic E-state index is 0.0189. The van der Waals surface area contributed by atoms with Gasteiger partial charge in [-0.15, -0.1) is 0 Å². The molecule has 1 aromatic heterocycles. The van der Waals surface area contributed by atoms with Crippen molar-refractivity contribution in [3.05, 3.63) is 17.7 Å². The molecule has 1 heterocycles. The first kappa shape index (κ1) is 11.2. The van der Waals surface area contributed by atoms with Crippen molar-refractivity contribution in [2.75, 3.05) is 0 Å². The smallest absolute Gasteiger partial charge is 0.0972 e. The molecule has 4 heteroatoms. The van der Waals surface area contributed by atoms with Gasteiger partial charge in [0.05, 0.1) is 24.1 Å². The van der Waals surface area contributed by atoms with Gasteiger partial charge in [-0.1, -0.05) is 0 Å². The first-order valence-electron chi connectivity index (χ1n) is 5.84. The van der Waals surface area contributed by atoms with E-state index >= 15 is 0 Å². The number of hydrogen-bond acceptors (Lipinski definition) is 3. The van der Waals surface area contributed by atoms with E-state index in [9.17, 15) is 0 Å². The summed E-state index contributed by atoms with van der Waals surface area (Å²) in [6, 6.07) is 2.90. The van der Waals surface area contributed by atoms with Crippen LogP contribution in [0, 0.1) is 25.2 Å². The summed E-state index contributed by atoms with van der Waals surface area (Å²) in [4.78, 5) is 4.25. The zero-order valence-corrected chi connectivity index (χ0v) is 9.90. The summed E-state index contributed by atoms with van der Waals surface area (Å²) in [5.74, 6) is 0. The van der Waals surface area contributed by atoms with Crippen molar-refractivity contribution < 1.29 is 0 Å². The number of aromatic nitrogens is 2. The van der Waals surface area contributed by atoms with Gasteiger partial charge >= 0.3 is 0 Å². The van der Waals surface area contributed by atoms with Crippen LogP contribution in [0.15, 0.2) is 6.33 Å². The van der Waals surface area contributed by atoms with Crippen molar-refractivity contribution >= 4 is 0 Å². The fraction of sp³-hybridized carbons (Fsp3) is 0.667. The molecule has 0 bridgehead atoms. The van der Waals surface area contributed by atoms with E-state index in [1.54, 1.807) is 0 Å². The maximum Gasteiger partial charge on any atom is 0.0972 e. The fourth-order valence-corrected chi connectivity index (χ4v) is 1.76. The van der Waals surface area contributed by atoms with Crippen LogP contribution in [0.4, 0.5) is 0 Å². The van der Waals surface area contributed by atoms with Crippen LogP contribution in [0.2, 0.25) is 0 Å². The third-order valence-corrected chi connectivity index (χ3v) is 3.17. The number of nitrogens with zero attached hydrogens (tertiary/aromatic N) is 3. The molecule has 1 aromatic rings. The monoisotopic (exact) mass is 218 g/mol. The summed E-state index contributed by atoms with van der Waals surface area (Å²) in [5, 5.41) is 12.4. The molecule has 0 spiro atoms. The lowest BCUT2D eigenvalue weighted by Gasteiger charge is -2.11. The average Bonchev–Trinajstić information content (AvgIpc) is 3.04. The van der Waals surface area contributed by atoms with Crippen molar-refractivity contribution in [2.24, 2.45) is 0 Å². The van der Waals surface area contributed by atoms with Gasteiger partial charge < -0.3 is 4.57 Å². The minimum atomic E-state index is -0.0189. The molecule has 0 amide bonds. The van der Waals surface area contributed by atoms with Crippen LogP contribution in [0.25, 0.3) is 0 Å². The van der Waals surface area contributed by atoms with E-state index in [-0.39, 0.29) is 6.04 Å². The maximum absolute atomic E-state index is 9.02. The predicted molar refractivity (Wildman–Crippen MR) is 61.9 cm³/mol. The molecule has 1 N–H and O–H groups in total. The molecular formula is C12H18N4. The molecule has 1 aliphatic carbocycles. The molecule has 0 radical (unpaired) electrons. The van der Waals surface area contributed by atoms with Crippen molar-refractivity contribution in [3.8, 4) is 6.07 Å². The Hall–Kier alpha value is -1.34. The summed E-state index contributed by atoms with van der Waals surface area (Å²) in [7, 11) is 0. The van der Waals surface area contributed by atoms with Gasteiger partial charge in [0, 0.05) is 18.3 Å². The Morgan fingerprint density at radius 2 is 2.38 bits per heavy atom. The molecular weight excluding hydrogens is 200 g/mol. The van der Waals surface area contributed by atoms with E-state index in [1.165, 1.54) is 18.5 Å². The molecule has 1 fully saturated rings. The third-order valence-electron chi connectivity index (χ3n) is 3.17. The van der Waals surface area contributed by atoms with Gasteiger partial charge in [0.2, 0.25) is 0 Å². The molecule has 86 valence electrons. The Kier molecular flexibility index (Phi) is 3.25. The molecule has 4 nitrogen and oxygen atoms in total. The lowest BCUT2D eigenvalue weighted by Crippen LogP contribution is -2.30. The number of nitrogens with one attached hydrogen (secondary N) is 1. The second-order valence-electron chi connectivity index (χ2n) is 4.52. The highest BCUT2D eigenvalue weighted by Crippen LogP contribution is 2.20. The highest BCUT2D eigenvalue weighted by molar-refractivity contribution is 5.08. The number of imidazole rings is 1. The van der Waals surface area contributed by atoms with Gasteiger partial charge in [-0.25, -0.2) is 4.98 Å². The summed E-state index contributed by atoms with van der Waals surface area (Å²) in [5.41, 5.74) is 2.27. The number of aryl methyl sites for hydroxylation is 2. The molecule has 2 rings (SSSR count). The van der Waals surface area contributed by atoms with Crippen molar-refractivity contribution in [1.82, 2.24) is 14.9 Å². The Balaban J connectivity index is 1.85. The SMILES string of the molecule is Cc1ncn(CCC(C#N)NC2CC2)c1C. The van der Waals surface area contributed by atoms with Gasteiger partial charge in [-0.2, -0.15) is 5.26 Å². The van der Waals surface area contributed by atoms with Crippen LogP contribution < -0.4 is 5.32 Å². The van der Waals surface area contributed by atoms with Gasteiger partial charge in [0.25, 0.3) is 0 Å². The highest BCUT2D eigenvalue weighted by Gasteiger charge is 2.24. The lowest BCUT2D eigenvalue weighted by atomic mass is 10.2. The molecule has 1 saturated carbocycles. The normalized spacial score (nSPS) is 17.1. The van der Waals surface area contributed by atoms with Gasteiger partial charge in [0.1, 0.15) is 0 Å². The quantitative estimate of drug-likeness (QED) is 0.815. The molecule has 0 aliphatic heterocycles. The minimum Gasteiger partial charge on any atom is -0.335 e. The first-order valence-corrected chi connectivity index (χ1v) is 5.84. The third kappa shape index (κ3) is 2.61. The summed E-state index contributed by atoms with van der Waals surface area (Å²) >= 11 is 0. The summed E-state index contributed by atoms with van der Waals surface area (Å²) in [6.07, 6.45) is 5.16. The number of rotatable bonds is 5. The van der Waals surface area contributed by atoms with Crippen molar-refractivity contribution in [2.45, 2.75) is 51.7 Å². The van der Waals surface area contributed by atoms with Crippen LogP contribution >= 0.6 is 0 Å².